The molecule has 0 radical (unpaired) electrons. The summed E-state index contributed by atoms with van der Waals surface area (Å²) in [5, 5.41) is 7.50. The van der Waals surface area contributed by atoms with E-state index in [-0.39, 0.29) is 5.91 Å². The Morgan fingerprint density at radius 2 is 2.06 bits per heavy atom. The predicted molar refractivity (Wildman–Crippen MR) is 71.6 cm³/mol. The Labute approximate surface area is 111 Å². The van der Waals surface area contributed by atoms with Crippen LogP contribution in [0.5, 0.6) is 0 Å². The van der Waals surface area contributed by atoms with Gasteiger partial charge in [0, 0.05) is 24.6 Å². The number of benzene rings is 1. The van der Waals surface area contributed by atoms with E-state index in [0.29, 0.717) is 23.7 Å². The number of carbonyl (C=O) groups excluding carboxylic acids is 1. The number of aromatic nitrogens is 2. The normalized spacial score (nSPS) is 10.3. The SMILES string of the molecule is Cn1nccc1NC(=O)CCc1ccc(Cl)cc1. The molecule has 0 unspecified atom stereocenters. The van der Waals surface area contributed by atoms with Crippen LogP contribution >= 0.6 is 11.6 Å². The second-order valence-corrected chi connectivity index (χ2v) is 4.45. The monoisotopic (exact) mass is 263 g/mol. The number of halogens is 1. The Morgan fingerprint density at radius 3 is 2.67 bits per heavy atom. The van der Waals surface area contributed by atoms with E-state index >= 15 is 0 Å². The summed E-state index contributed by atoms with van der Waals surface area (Å²) in [5.41, 5.74) is 1.10. The fourth-order valence-corrected chi connectivity index (χ4v) is 1.74. The van der Waals surface area contributed by atoms with Crippen LogP contribution in [0.3, 0.4) is 0 Å². The molecule has 1 aromatic heterocycles. The zero-order valence-electron chi connectivity index (χ0n) is 10.1. The maximum atomic E-state index is 11.7. The third-order valence-corrected chi connectivity index (χ3v) is 2.89. The largest absolute Gasteiger partial charge is 0.311 e. The van der Waals surface area contributed by atoms with Crippen molar-refractivity contribution in [2.45, 2.75) is 12.8 Å². The topological polar surface area (TPSA) is 46.9 Å². The Kier molecular flexibility index (Phi) is 3.99. The Hall–Kier alpha value is -1.81. The molecule has 0 saturated heterocycles. The molecule has 0 bridgehead atoms. The van der Waals surface area contributed by atoms with Gasteiger partial charge < -0.3 is 5.32 Å². The van der Waals surface area contributed by atoms with E-state index in [1.165, 1.54) is 0 Å². The number of hydrogen-bond donors (Lipinski definition) is 1. The van der Waals surface area contributed by atoms with Gasteiger partial charge >= 0.3 is 0 Å². The van der Waals surface area contributed by atoms with E-state index in [2.05, 4.69) is 10.4 Å². The molecule has 4 nitrogen and oxygen atoms in total. The van der Waals surface area contributed by atoms with Crippen molar-refractivity contribution in [2.75, 3.05) is 5.32 Å². The molecule has 5 heteroatoms. The van der Waals surface area contributed by atoms with Gasteiger partial charge in [0.2, 0.25) is 5.91 Å². The van der Waals surface area contributed by atoms with Crippen molar-refractivity contribution in [1.82, 2.24) is 9.78 Å². The minimum absolute atomic E-state index is 0.0199. The van der Waals surface area contributed by atoms with Crippen LogP contribution in [0.25, 0.3) is 0 Å². The molecule has 1 amide bonds. The number of aryl methyl sites for hydroxylation is 2. The van der Waals surface area contributed by atoms with E-state index < -0.39 is 0 Å². The molecule has 1 aromatic carbocycles. The summed E-state index contributed by atoms with van der Waals surface area (Å²) in [4.78, 5) is 11.7. The van der Waals surface area contributed by atoms with Gasteiger partial charge in [-0.15, -0.1) is 0 Å². The molecule has 0 atom stereocenters. The van der Waals surface area contributed by atoms with Crippen molar-refractivity contribution in [3.8, 4) is 0 Å². The molecule has 18 heavy (non-hydrogen) atoms. The first-order valence-corrected chi connectivity index (χ1v) is 6.05. The molecule has 94 valence electrons. The van der Waals surface area contributed by atoms with E-state index in [1.807, 2.05) is 24.3 Å². The minimum Gasteiger partial charge on any atom is -0.311 e. The van der Waals surface area contributed by atoms with Gasteiger partial charge in [0.1, 0.15) is 5.82 Å². The molecule has 0 aliphatic carbocycles. The van der Waals surface area contributed by atoms with Gasteiger partial charge in [0.25, 0.3) is 0 Å². The number of nitrogens with one attached hydrogen (secondary N) is 1. The first kappa shape index (κ1) is 12.6. The highest BCUT2D eigenvalue weighted by Crippen LogP contribution is 2.11. The molecular formula is C13H14ClN3O. The fraction of sp³-hybridized carbons (Fsp3) is 0.231. The van der Waals surface area contributed by atoms with E-state index in [9.17, 15) is 4.79 Å². The highest BCUT2D eigenvalue weighted by molar-refractivity contribution is 6.30. The highest BCUT2D eigenvalue weighted by Gasteiger charge is 2.05. The van der Waals surface area contributed by atoms with Crippen molar-refractivity contribution in [2.24, 2.45) is 7.05 Å². The molecule has 0 aliphatic heterocycles. The van der Waals surface area contributed by atoms with E-state index in [1.54, 1.807) is 24.0 Å². The van der Waals surface area contributed by atoms with Crippen LogP contribution in [-0.4, -0.2) is 15.7 Å². The molecule has 0 spiro atoms. The van der Waals surface area contributed by atoms with Crippen LogP contribution in [0.2, 0.25) is 5.02 Å². The van der Waals surface area contributed by atoms with Crippen molar-refractivity contribution >= 4 is 23.3 Å². The van der Waals surface area contributed by atoms with Crippen molar-refractivity contribution in [1.29, 1.82) is 0 Å². The second kappa shape index (κ2) is 5.69. The van der Waals surface area contributed by atoms with Crippen LogP contribution in [0.15, 0.2) is 36.5 Å². The molecule has 0 fully saturated rings. The Morgan fingerprint density at radius 1 is 1.33 bits per heavy atom. The number of carbonyl (C=O) groups is 1. The highest BCUT2D eigenvalue weighted by atomic mass is 35.5. The number of rotatable bonds is 4. The van der Waals surface area contributed by atoms with Crippen LogP contribution in [0.4, 0.5) is 5.82 Å². The molecule has 2 rings (SSSR count). The van der Waals surface area contributed by atoms with Gasteiger partial charge in [-0.2, -0.15) is 5.10 Å². The zero-order valence-corrected chi connectivity index (χ0v) is 10.8. The maximum Gasteiger partial charge on any atom is 0.225 e. The molecule has 1 heterocycles. The number of nitrogens with zero attached hydrogens (tertiary/aromatic N) is 2. The van der Waals surface area contributed by atoms with Crippen LogP contribution in [0, 0.1) is 0 Å². The minimum atomic E-state index is -0.0199. The van der Waals surface area contributed by atoms with E-state index in [0.717, 1.165) is 5.56 Å². The van der Waals surface area contributed by atoms with Crippen LogP contribution in [-0.2, 0) is 18.3 Å². The standard InChI is InChI=1S/C13H14ClN3O/c1-17-12(8-9-15-17)16-13(18)7-4-10-2-5-11(14)6-3-10/h2-3,5-6,8-9H,4,7H2,1H3,(H,16,18). The summed E-state index contributed by atoms with van der Waals surface area (Å²) in [5.74, 6) is 0.685. The molecular weight excluding hydrogens is 250 g/mol. The van der Waals surface area contributed by atoms with Crippen molar-refractivity contribution in [3.63, 3.8) is 0 Å². The van der Waals surface area contributed by atoms with Crippen molar-refractivity contribution < 1.29 is 4.79 Å². The average Bonchev–Trinajstić information content (AvgIpc) is 2.74. The second-order valence-electron chi connectivity index (χ2n) is 4.01. The number of anilines is 1. The van der Waals surface area contributed by atoms with Gasteiger partial charge in [0.05, 0.1) is 6.20 Å². The summed E-state index contributed by atoms with van der Waals surface area (Å²) >= 11 is 5.80. The summed E-state index contributed by atoms with van der Waals surface area (Å²) in [7, 11) is 1.79. The lowest BCUT2D eigenvalue weighted by molar-refractivity contribution is -0.116. The third kappa shape index (κ3) is 3.34. The summed E-state index contributed by atoms with van der Waals surface area (Å²) in [6, 6.07) is 9.28. The number of amides is 1. The fourth-order valence-electron chi connectivity index (χ4n) is 1.61. The molecule has 1 N–H and O–H groups in total. The van der Waals surface area contributed by atoms with Gasteiger partial charge in [-0.05, 0) is 24.1 Å². The van der Waals surface area contributed by atoms with Crippen LogP contribution in [0.1, 0.15) is 12.0 Å². The lowest BCUT2D eigenvalue weighted by Gasteiger charge is -2.05. The lowest BCUT2D eigenvalue weighted by Crippen LogP contribution is -2.14. The molecule has 0 saturated carbocycles. The average molecular weight is 264 g/mol. The zero-order chi connectivity index (χ0) is 13.0. The van der Waals surface area contributed by atoms with Gasteiger partial charge in [0.15, 0.2) is 0 Å². The first-order valence-electron chi connectivity index (χ1n) is 5.67. The quantitative estimate of drug-likeness (QED) is 0.922. The smallest absolute Gasteiger partial charge is 0.225 e. The van der Waals surface area contributed by atoms with Crippen LogP contribution < -0.4 is 5.32 Å². The first-order chi connectivity index (χ1) is 8.65. The summed E-state index contributed by atoms with van der Waals surface area (Å²) in [6.07, 6.45) is 2.78. The van der Waals surface area contributed by atoms with Gasteiger partial charge in [-0.1, -0.05) is 23.7 Å². The number of hydrogen-bond acceptors (Lipinski definition) is 2. The van der Waals surface area contributed by atoms with Gasteiger partial charge in [-0.3, -0.25) is 9.48 Å². The summed E-state index contributed by atoms with van der Waals surface area (Å²) < 4.78 is 1.63. The van der Waals surface area contributed by atoms with Gasteiger partial charge in [-0.25, -0.2) is 0 Å². The van der Waals surface area contributed by atoms with Crippen molar-refractivity contribution in [3.05, 3.63) is 47.1 Å². The Balaban J connectivity index is 1.85. The summed E-state index contributed by atoms with van der Waals surface area (Å²) in [6.45, 7) is 0. The van der Waals surface area contributed by atoms with E-state index in [4.69, 9.17) is 11.6 Å². The molecule has 0 aliphatic rings. The molecule has 2 aromatic rings. The predicted octanol–water partition coefficient (Wildman–Crippen LogP) is 2.64. The Bertz CT molecular complexity index is 533. The third-order valence-electron chi connectivity index (χ3n) is 2.64. The lowest BCUT2D eigenvalue weighted by atomic mass is 10.1. The maximum absolute atomic E-state index is 11.7.